The smallest absolute Gasteiger partial charge is 0.146 e. The van der Waals surface area contributed by atoms with Gasteiger partial charge in [0.15, 0.2) is 0 Å². The molecular formula is C14H18F2N2. The van der Waals surface area contributed by atoms with Crippen molar-refractivity contribution in [1.82, 2.24) is 5.32 Å². The quantitative estimate of drug-likeness (QED) is 0.845. The topological polar surface area (TPSA) is 24.1 Å². The molecule has 1 spiro atoms. The van der Waals surface area contributed by atoms with E-state index in [9.17, 15) is 8.78 Å². The van der Waals surface area contributed by atoms with Crippen molar-refractivity contribution in [3.05, 3.63) is 29.8 Å². The van der Waals surface area contributed by atoms with Crippen molar-refractivity contribution in [2.45, 2.75) is 31.7 Å². The standard InChI is InChI=1S/C14H18F2N2/c15-10-1-2-12(16)13(7-10)18-11-8-14(9-11)3-5-17-6-4-14/h1-2,7,11,17-18H,3-6,8-9H2. The zero-order chi connectivity index (χ0) is 12.6. The van der Waals surface area contributed by atoms with E-state index < -0.39 is 5.82 Å². The summed E-state index contributed by atoms with van der Waals surface area (Å²) in [6.07, 6.45) is 4.56. The predicted octanol–water partition coefficient (Wildman–Crippen LogP) is 2.91. The average molecular weight is 252 g/mol. The van der Waals surface area contributed by atoms with Gasteiger partial charge < -0.3 is 10.6 Å². The van der Waals surface area contributed by atoms with E-state index >= 15 is 0 Å². The molecule has 1 aromatic rings. The third-order valence-corrected chi connectivity index (χ3v) is 4.31. The van der Waals surface area contributed by atoms with Gasteiger partial charge in [-0.1, -0.05) is 0 Å². The molecule has 2 nitrogen and oxygen atoms in total. The maximum Gasteiger partial charge on any atom is 0.146 e. The fourth-order valence-electron chi connectivity index (χ4n) is 3.28. The van der Waals surface area contributed by atoms with Gasteiger partial charge in [-0.2, -0.15) is 0 Å². The monoisotopic (exact) mass is 252 g/mol. The number of rotatable bonds is 2. The second-order valence-electron chi connectivity index (χ2n) is 5.62. The first-order chi connectivity index (χ1) is 8.67. The molecule has 3 rings (SSSR count). The van der Waals surface area contributed by atoms with Crippen LogP contribution in [0.15, 0.2) is 18.2 Å². The number of piperidine rings is 1. The van der Waals surface area contributed by atoms with Crippen LogP contribution in [0.4, 0.5) is 14.5 Å². The minimum Gasteiger partial charge on any atom is -0.380 e. The van der Waals surface area contributed by atoms with Gasteiger partial charge in [0, 0.05) is 6.04 Å². The van der Waals surface area contributed by atoms with Crippen molar-refractivity contribution in [3.63, 3.8) is 0 Å². The molecule has 4 heteroatoms. The molecule has 98 valence electrons. The molecule has 0 amide bonds. The molecule has 1 aliphatic heterocycles. The summed E-state index contributed by atoms with van der Waals surface area (Å²) in [7, 11) is 0. The fourth-order valence-corrected chi connectivity index (χ4v) is 3.28. The number of hydrogen-bond acceptors (Lipinski definition) is 2. The van der Waals surface area contributed by atoms with E-state index in [1.807, 2.05) is 0 Å². The summed E-state index contributed by atoms with van der Waals surface area (Å²) in [5, 5.41) is 6.48. The van der Waals surface area contributed by atoms with Crippen molar-refractivity contribution in [2.75, 3.05) is 18.4 Å². The highest BCUT2D eigenvalue weighted by atomic mass is 19.1. The lowest BCUT2D eigenvalue weighted by Gasteiger charge is -2.50. The van der Waals surface area contributed by atoms with Gasteiger partial charge in [0.1, 0.15) is 11.6 Å². The molecule has 1 aromatic carbocycles. The Bertz CT molecular complexity index is 433. The molecule has 0 atom stereocenters. The van der Waals surface area contributed by atoms with E-state index in [2.05, 4.69) is 10.6 Å². The Labute approximate surface area is 106 Å². The van der Waals surface area contributed by atoms with E-state index in [1.165, 1.54) is 25.0 Å². The van der Waals surface area contributed by atoms with Gasteiger partial charge in [-0.15, -0.1) is 0 Å². The number of nitrogens with one attached hydrogen (secondary N) is 2. The Morgan fingerprint density at radius 1 is 1.17 bits per heavy atom. The molecule has 0 bridgehead atoms. The molecule has 1 heterocycles. The maximum absolute atomic E-state index is 13.5. The molecule has 2 fully saturated rings. The SMILES string of the molecule is Fc1ccc(F)c(NC2CC3(CCNCC3)C2)c1. The van der Waals surface area contributed by atoms with E-state index in [4.69, 9.17) is 0 Å². The molecule has 1 aliphatic carbocycles. The molecule has 1 saturated heterocycles. The first-order valence-corrected chi connectivity index (χ1v) is 6.59. The minimum absolute atomic E-state index is 0.291. The molecule has 0 unspecified atom stereocenters. The lowest BCUT2D eigenvalue weighted by Crippen LogP contribution is -2.50. The Kier molecular flexibility index (Phi) is 2.98. The van der Waals surface area contributed by atoms with Crippen LogP contribution in [-0.2, 0) is 0 Å². The van der Waals surface area contributed by atoms with Crippen molar-refractivity contribution in [3.8, 4) is 0 Å². The third kappa shape index (κ3) is 2.21. The van der Waals surface area contributed by atoms with Crippen molar-refractivity contribution >= 4 is 5.69 Å². The summed E-state index contributed by atoms with van der Waals surface area (Å²) >= 11 is 0. The van der Waals surface area contributed by atoms with Gasteiger partial charge >= 0.3 is 0 Å². The fraction of sp³-hybridized carbons (Fsp3) is 0.571. The lowest BCUT2D eigenvalue weighted by atomic mass is 9.60. The van der Waals surface area contributed by atoms with Crippen molar-refractivity contribution in [2.24, 2.45) is 5.41 Å². The Hall–Kier alpha value is -1.16. The van der Waals surface area contributed by atoms with E-state index in [0.717, 1.165) is 32.0 Å². The van der Waals surface area contributed by atoms with E-state index in [0.29, 0.717) is 17.1 Å². The molecular weight excluding hydrogens is 234 g/mol. The summed E-state index contributed by atoms with van der Waals surface area (Å²) in [4.78, 5) is 0. The van der Waals surface area contributed by atoms with E-state index in [-0.39, 0.29) is 5.82 Å². The Morgan fingerprint density at radius 2 is 1.89 bits per heavy atom. The summed E-state index contributed by atoms with van der Waals surface area (Å²) in [6.45, 7) is 2.17. The number of benzene rings is 1. The van der Waals surface area contributed by atoms with Crippen LogP contribution in [0, 0.1) is 17.0 Å². The van der Waals surface area contributed by atoms with Crippen LogP contribution in [0.1, 0.15) is 25.7 Å². The second-order valence-corrected chi connectivity index (χ2v) is 5.62. The molecule has 0 aromatic heterocycles. The largest absolute Gasteiger partial charge is 0.380 e. The van der Waals surface area contributed by atoms with Gasteiger partial charge in [0.05, 0.1) is 5.69 Å². The van der Waals surface area contributed by atoms with Crippen LogP contribution in [0.25, 0.3) is 0 Å². The van der Waals surface area contributed by atoms with Gasteiger partial charge in [-0.3, -0.25) is 0 Å². The lowest BCUT2D eigenvalue weighted by molar-refractivity contribution is 0.0717. The highest BCUT2D eigenvalue weighted by Gasteiger charge is 2.44. The first-order valence-electron chi connectivity index (χ1n) is 6.59. The summed E-state index contributed by atoms with van der Waals surface area (Å²) < 4.78 is 26.5. The van der Waals surface area contributed by atoms with Crippen LogP contribution in [0.5, 0.6) is 0 Å². The average Bonchev–Trinajstić information content (AvgIpc) is 2.33. The molecule has 1 saturated carbocycles. The van der Waals surface area contributed by atoms with Gasteiger partial charge in [-0.05, 0) is 62.4 Å². The second kappa shape index (κ2) is 4.50. The summed E-state index contributed by atoms with van der Waals surface area (Å²) in [6, 6.07) is 3.86. The normalized spacial score (nSPS) is 22.8. The predicted molar refractivity (Wildman–Crippen MR) is 67.5 cm³/mol. The maximum atomic E-state index is 13.5. The van der Waals surface area contributed by atoms with Crippen molar-refractivity contribution in [1.29, 1.82) is 0 Å². The minimum atomic E-state index is -0.394. The summed E-state index contributed by atoms with van der Waals surface area (Å²) in [5.74, 6) is -0.766. The first kappa shape index (κ1) is 11.9. The Balaban J connectivity index is 1.60. The van der Waals surface area contributed by atoms with Crippen LogP contribution in [0.2, 0.25) is 0 Å². The van der Waals surface area contributed by atoms with Crippen LogP contribution >= 0.6 is 0 Å². The van der Waals surface area contributed by atoms with E-state index in [1.54, 1.807) is 0 Å². The third-order valence-electron chi connectivity index (χ3n) is 4.31. The summed E-state index contributed by atoms with van der Waals surface area (Å²) in [5.41, 5.74) is 0.746. The number of halogens is 2. The zero-order valence-corrected chi connectivity index (χ0v) is 10.3. The van der Waals surface area contributed by atoms with Crippen molar-refractivity contribution < 1.29 is 8.78 Å². The number of hydrogen-bond donors (Lipinski definition) is 2. The van der Waals surface area contributed by atoms with Crippen LogP contribution in [-0.4, -0.2) is 19.1 Å². The van der Waals surface area contributed by atoms with Gasteiger partial charge in [0.2, 0.25) is 0 Å². The highest BCUT2D eigenvalue weighted by molar-refractivity contribution is 5.46. The Morgan fingerprint density at radius 3 is 2.61 bits per heavy atom. The molecule has 0 radical (unpaired) electrons. The van der Waals surface area contributed by atoms with Gasteiger partial charge in [0.25, 0.3) is 0 Å². The molecule has 2 N–H and O–H groups in total. The zero-order valence-electron chi connectivity index (χ0n) is 10.3. The highest BCUT2D eigenvalue weighted by Crippen LogP contribution is 2.48. The number of anilines is 1. The van der Waals surface area contributed by atoms with Crippen LogP contribution < -0.4 is 10.6 Å². The van der Waals surface area contributed by atoms with Gasteiger partial charge in [-0.25, -0.2) is 8.78 Å². The molecule has 18 heavy (non-hydrogen) atoms. The molecule has 2 aliphatic rings. The van der Waals surface area contributed by atoms with Crippen LogP contribution in [0.3, 0.4) is 0 Å².